The molecule has 1 aromatic rings. The number of oxime groups is 1. The summed E-state index contributed by atoms with van der Waals surface area (Å²) in [5.74, 6) is 0.703. The molecule has 0 aliphatic carbocycles. The third-order valence-electron chi connectivity index (χ3n) is 2.86. The quantitative estimate of drug-likeness (QED) is 0.605. The molecular weight excluding hydrogens is 232 g/mol. The summed E-state index contributed by atoms with van der Waals surface area (Å²) in [6.07, 6.45) is 0. The Bertz CT molecular complexity index is 497. The summed E-state index contributed by atoms with van der Waals surface area (Å²) in [5.41, 5.74) is 2.46. The molecule has 0 N–H and O–H groups in total. The highest BCUT2D eigenvalue weighted by atomic mass is 16.6. The van der Waals surface area contributed by atoms with Gasteiger partial charge in [-0.05, 0) is 32.0 Å². The van der Waals surface area contributed by atoms with E-state index in [2.05, 4.69) is 5.16 Å². The molecule has 1 amide bonds. The van der Waals surface area contributed by atoms with Crippen molar-refractivity contribution in [2.45, 2.75) is 13.8 Å². The molecule has 5 heteroatoms. The van der Waals surface area contributed by atoms with E-state index in [9.17, 15) is 4.79 Å². The fourth-order valence-corrected chi connectivity index (χ4v) is 1.96. The molecule has 1 aromatic carbocycles. The SMILES string of the molecule is CCN1C(=O)COc2ccc(/C(C)=N/OC)cc21. The van der Waals surface area contributed by atoms with Gasteiger partial charge in [-0.1, -0.05) is 5.16 Å². The molecular formula is C13H16N2O3. The molecule has 5 nitrogen and oxygen atoms in total. The van der Waals surface area contributed by atoms with E-state index in [-0.39, 0.29) is 12.5 Å². The Labute approximate surface area is 106 Å². The first-order chi connectivity index (χ1) is 8.67. The molecule has 0 fully saturated rings. The summed E-state index contributed by atoms with van der Waals surface area (Å²) < 4.78 is 5.40. The summed E-state index contributed by atoms with van der Waals surface area (Å²) in [6.45, 7) is 4.52. The lowest BCUT2D eigenvalue weighted by Crippen LogP contribution is -2.38. The van der Waals surface area contributed by atoms with Crippen LogP contribution in [0.3, 0.4) is 0 Å². The van der Waals surface area contributed by atoms with Gasteiger partial charge in [-0.3, -0.25) is 4.79 Å². The number of fused-ring (bicyclic) bond motifs is 1. The standard InChI is InChI=1S/C13H16N2O3/c1-4-15-11-7-10(9(2)14-17-3)5-6-12(11)18-8-13(15)16/h5-7H,4,8H2,1-3H3/b14-9+. The molecule has 1 aliphatic rings. The third-order valence-corrected chi connectivity index (χ3v) is 2.86. The van der Waals surface area contributed by atoms with Crippen LogP contribution in [-0.2, 0) is 9.63 Å². The molecule has 0 saturated carbocycles. The molecule has 96 valence electrons. The Kier molecular flexibility index (Phi) is 3.50. The minimum Gasteiger partial charge on any atom is -0.482 e. The van der Waals surface area contributed by atoms with Crippen LogP contribution in [0, 0.1) is 0 Å². The number of ether oxygens (including phenoxy) is 1. The van der Waals surface area contributed by atoms with E-state index in [0.717, 1.165) is 22.7 Å². The maximum absolute atomic E-state index is 11.7. The van der Waals surface area contributed by atoms with Crippen molar-refractivity contribution in [1.82, 2.24) is 0 Å². The van der Waals surface area contributed by atoms with Crippen LogP contribution < -0.4 is 9.64 Å². The maximum atomic E-state index is 11.7. The van der Waals surface area contributed by atoms with Crippen molar-refractivity contribution < 1.29 is 14.4 Å². The lowest BCUT2D eigenvalue weighted by molar-refractivity contribution is -0.121. The Hall–Kier alpha value is -2.04. The van der Waals surface area contributed by atoms with Crippen molar-refractivity contribution in [2.24, 2.45) is 5.16 Å². The molecule has 1 aliphatic heterocycles. The molecule has 0 spiro atoms. The average molecular weight is 248 g/mol. The monoisotopic (exact) mass is 248 g/mol. The topological polar surface area (TPSA) is 51.1 Å². The Morgan fingerprint density at radius 1 is 1.56 bits per heavy atom. The van der Waals surface area contributed by atoms with Gasteiger partial charge in [0.05, 0.1) is 11.4 Å². The fraction of sp³-hybridized carbons (Fsp3) is 0.385. The number of benzene rings is 1. The average Bonchev–Trinajstić information content (AvgIpc) is 2.38. The predicted octanol–water partition coefficient (Wildman–Crippen LogP) is 1.80. The molecule has 0 bridgehead atoms. The lowest BCUT2D eigenvalue weighted by Gasteiger charge is -2.28. The molecule has 2 rings (SSSR count). The molecule has 18 heavy (non-hydrogen) atoms. The number of carbonyl (C=O) groups excluding carboxylic acids is 1. The van der Waals surface area contributed by atoms with Crippen molar-refractivity contribution in [1.29, 1.82) is 0 Å². The number of nitrogens with zero attached hydrogens (tertiary/aromatic N) is 2. The smallest absolute Gasteiger partial charge is 0.265 e. The summed E-state index contributed by atoms with van der Waals surface area (Å²) in [6, 6.07) is 5.66. The number of hydrogen-bond acceptors (Lipinski definition) is 4. The second-order valence-corrected chi connectivity index (χ2v) is 3.97. The van der Waals surface area contributed by atoms with Crippen LogP contribution in [0.1, 0.15) is 19.4 Å². The molecule has 0 atom stereocenters. The zero-order valence-electron chi connectivity index (χ0n) is 10.8. The van der Waals surface area contributed by atoms with E-state index in [1.165, 1.54) is 7.11 Å². The van der Waals surface area contributed by atoms with Gasteiger partial charge in [-0.2, -0.15) is 0 Å². The van der Waals surface area contributed by atoms with Crippen LogP contribution in [0.15, 0.2) is 23.4 Å². The second kappa shape index (κ2) is 5.08. The van der Waals surface area contributed by atoms with Gasteiger partial charge in [-0.25, -0.2) is 0 Å². The Morgan fingerprint density at radius 2 is 2.33 bits per heavy atom. The summed E-state index contributed by atoms with van der Waals surface area (Å²) in [4.78, 5) is 18.2. The molecule has 0 unspecified atom stereocenters. The van der Waals surface area contributed by atoms with Crippen molar-refractivity contribution in [2.75, 3.05) is 25.2 Å². The van der Waals surface area contributed by atoms with E-state index in [1.54, 1.807) is 4.90 Å². The van der Waals surface area contributed by atoms with Crippen molar-refractivity contribution in [3.63, 3.8) is 0 Å². The first-order valence-corrected chi connectivity index (χ1v) is 5.82. The number of carbonyl (C=O) groups is 1. The Morgan fingerprint density at radius 3 is 3.00 bits per heavy atom. The minimum absolute atomic E-state index is 0.0246. The molecule has 0 aromatic heterocycles. The van der Waals surface area contributed by atoms with Gasteiger partial charge in [0.25, 0.3) is 5.91 Å². The van der Waals surface area contributed by atoms with Crippen LogP contribution in [0.25, 0.3) is 0 Å². The van der Waals surface area contributed by atoms with Crippen molar-refractivity contribution in [3.05, 3.63) is 23.8 Å². The van der Waals surface area contributed by atoms with Gasteiger partial charge in [-0.15, -0.1) is 0 Å². The zero-order chi connectivity index (χ0) is 13.1. The van der Waals surface area contributed by atoms with E-state index in [4.69, 9.17) is 9.57 Å². The Balaban J connectivity index is 2.44. The van der Waals surface area contributed by atoms with Gasteiger partial charge in [0.15, 0.2) is 6.61 Å². The lowest BCUT2D eigenvalue weighted by atomic mass is 10.1. The first kappa shape index (κ1) is 12.4. The van der Waals surface area contributed by atoms with E-state index >= 15 is 0 Å². The highest BCUT2D eigenvalue weighted by molar-refractivity contribution is 6.02. The summed E-state index contributed by atoms with van der Waals surface area (Å²) in [7, 11) is 1.51. The van der Waals surface area contributed by atoms with Crippen LogP contribution in [0.2, 0.25) is 0 Å². The maximum Gasteiger partial charge on any atom is 0.265 e. The number of amides is 1. The van der Waals surface area contributed by atoms with E-state index in [1.807, 2.05) is 32.0 Å². The molecule has 0 saturated heterocycles. The summed E-state index contributed by atoms with van der Waals surface area (Å²) in [5, 5.41) is 3.89. The van der Waals surface area contributed by atoms with E-state index in [0.29, 0.717) is 6.54 Å². The van der Waals surface area contributed by atoms with Gasteiger partial charge < -0.3 is 14.5 Å². The first-order valence-electron chi connectivity index (χ1n) is 5.82. The van der Waals surface area contributed by atoms with Crippen molar-refractivity contribution >= 4 is 17.3 Å². The fourth-order valence-electron chi connectivity index (χ4n) is 1.96. The predicted molar refractivity (Wildman–Crippen MR) is 69.2 cm³/mol. The third kappa shape index (κ3) is 2.16. The van der Waals surface area contributed by atoms with E-state index < -0.39 is 0 Å². The van der Waals surface area contributed by atoms with Gasteiger partial charge in [0.2, 0.25) is 0 Å². The number of rotatable bonds is 3. The van der Waals surface area contributed by atoms with Crippen molar-refractivity contribution in [3.8, 4) is 5.75 Å². The van der Waals surface area contributed by atoms with Gasteiger partial charge in [0.1, 0.15) is 12.9 Å². The van der Waals surface area contributed by atoms with Gasteiger partial charge >= 0.3 is 0 Å². The normalized spacial score (nSPS) is 15.2. The minimum atomic E-state index is -0.0246. The van der Waals surface area contributed by atoms with Crippen LogP contribution >= 0.6 is 0 Å². The molecule has 1 heterocycles. The van der Waals surface area contributed by atoms with Gasteiger partial charge in [0, 0.05) is 12.1 Å². The summed E-state index contributed by atoms with van der Waals surface area (Å²) >= 11 is 0. The largest absolute Gasteiger partial charge is 0.482 e. The number of anilines is 1. The number of likely N-dealkylation sites (N-methyl/N-ethyl adjacent to an activating group) is 1. The van der Waals surface area contributed by atoms with Crippen LogP contribution in [-0.4, -0.2) is 31.9 Å². The number of hydrogen-bond donors (Lipinski definition) is 0. The van der Waals surface area contributed by atoms with Crippen LogP contribution in [0.5, 0.6) is 5.75 Å². The highest BCUT2D eigenvalue weighted by Crippen LogP contribution is 2.32. The second-order valence-electron chi connectivity index (χ2n) is 3.97. The zero-order valence-corrected chi connectivity index (χ0v) is 10.8. The highest BCUT2D eigenvalue weighted by Gasteiger charge is 2.24. The molecule has 0 radical (unpaired) electrons. The van der Waals surface area contributed by atoms with Crippen LogP contribution in [0.4, 0.5) is 5.69 Å².